The van der Waals surface area contributed by atoms with Gasteiger partial charge in [0, 0.05) is 38.9 Å². The second kappa shape index (κ2) is 10.6. The number of aryl methyl sites for hydroxylation is 2. The summed E-state index contributed by atoms with van der Waals surface area (Å²) in [5.74, 6) is 0. The smallest absolute Gasteiger partial charge is 0.0542 e. The minimum Gasteiger partial charge on any atom is -0.310 e. The van der Waals surface area contributed by atoms with Gasteiger partial charge in [0.1, 0.15) is 0 Å². The number of hydrogen-bond donors (Lipinski definition) is 0. The van der Waals surface area contributed by atoms with Crippen LogP contribution >= 0.6 is 0 Å². The van der Waals surface area contributed by atoms with E-state index in [0.29, 0.717) is 0 Å². The molecular formula is C41H36N2. The van der Waals surface area contributed by atoms with Crippen LogP contribution < -0.4 is 4.90 Å². The van der Waals surface area contributed by atoms with Crippen molar-refractivity contribution in [2.75, 3.05) is 4.90 Å². The Labute approximate surface area is 254 Å². The number of anilines is 3. The molecule has 1 heterocycles. The fourth-order valence-electron chi connectivity index (χ4n) is 6.27. The van der Waals surface area contributed by atoms with Crippen molar-refractivity contribution < 1.29 is 0 Å². The summed E-state index contributed by atoms with van der Waals surface area (Å²) in [5.41, 5.74) is 12.0. The standard InChI is InChI=1S/C41H36N2/c1-29-17-21-33(22-18-29)42(34-23-19-30(2)20-24-34)36-25-26-40-38(28-36)37-15-8-9-16-39(37)43(40)35-14-10-13-32(27-35)41(3,4)31-11-6-5-7-12-31/h5-28H,1-4H3. The quantitative estimate of drug-likeness (QED) is 0.198. The molecule has 0 saturated heterocycles. The van der Waals surface area contributed by atoms with E-state index in [-0.39, 0.29) is 5.41 Å². The SMILES string of the molecule is Cc1ccc(N(c2ccc(C)cc2)c2ccc3c(c2)c2ccccc2n3-c2cccc(C(C)(C)c3ccccc3)c2)cc1. The summed E-state index contributed by atoms with van der Waals surface area (Å²) >= 11 is 0. The van der Waals surface area contributed by atoms with Crippen LogP contribution in [0.2, 0.25) is 0 Å². The second-order valence-corrected chi connectivity index (χ2v) is 12.1. The summed E-state index contributed by atoms with van der Waals surface area (Å²) < 4.78 is 2.42. The number of hydrogen-bond acceptors (Lipinski definition) is 1. The van der Waals surface area contributed by atoms with Crippen LogP contribution in [0, 0.1) is 13.8 Å². The Morgan fingerprint density at radius 2 is 1.02 bits per heavy atom. The first-order chi connectivity index (χ1) is 20.9. The number of fused-ring (bicyclic) bond motifs is 3. The molecule has 2 nitrogen and oxygen atoms in total. The fraction of sp³-hybridized carbons (Fsp3) is 0.122. The van der Waals surface area contributed by atoms with Gasteiger partial charge in [-0.25, -0.2) is 0 Å². The van der Waals surface area contributed by atoms with Gasteiger partial charge >= 0.3 is 0 Å². The second-order valence-electron chi connectivity index (χ2n) is 12.1. The molecule has 0 amide bonds. The Hall–Kier alpha value is -5.08. The van der Waals surface area contributed by atoms with Gasteiger partial charge in [-0.15, -0.1) is 0 Å². The van der Waals surface area contributed by atoms with Crippen LogP contribution in [-0.2, 0) is 5.41 Å². The van der Waals surface area contributed by atoms with E-state index in [9.17, 15) is 0 Å². The molecule has 2 heteroatoms. The lowest BCUT2D eigenvalue weighted by molar-refractivity contribution is 0.640. The molecule has 0 atom stereocenters. The topological polar surface area (TPSA) is 8.17 Å². The van der Waals surface area contributed by atoms with Gasteiger partial charge in [-0.2, -0.15) is 0 Å². The molecule has 210 valence electrons. The van der Waals surface area contributed by atoms with Crippen molar-refractivity contribution in [3.05, 3.63) is 168 Å². The average Bonchev–Trinajstić information content (AvgIpc) is 3.37. The van der Waals surface area contributed by atoms with Gasteiger partial charge in [0.2, 0.25) is 0 Å². The monoisotopic (exact) mass is 556 g/mol. The minimum atomic E-state index is -0.119. The Balaban J connectivity index is 1.41. The summed E-state index contributed by atoms with van der Waals surface area (Å²) in [5, 5.41) is 2.49. The molecule has 1 aromatic heterocycles. The van der Waals surface area contributed by atoms with Crippen molar-refractivity contribution in [2.24, 2.45) is 0 Å². The van der Waals surface area contributed by atoms with Gasteiger partial charge in [0.05, 0.1) is 11.0 Å². The minimum absolute atomic E-state index is 0.119. The molecule has 0 unspecified atom stereocenters. The van der Waals surface area contributed by atoms with E-state index in [1.165, 1.54) is 49.7 Å². The van der Waals surface area contributed by atoms with Gasteiger partial charge in [-0.05, 0) is 85.6 Å². The van der Waals surface area contributed by atoms with E-state index in [4.69, 9.17) is 0 Å². The van der Waals surface area contributed by atoms with E-state index >= 15 is 0 Å². The first kappa shape index (κ1) is 26.8. The molecule has 6 aromatic carbocycles. The van der Waals surface area contributed by atoms with E-state index < -0.39 is 0 Å². The molecule has 0 aliphatic rings. The zero-order chi connectivity index (χ0) is 29.6. The molecule has 7 aromatic rings. The van der Waals surface area contributed by atoms with E-state index in [1.807, 2.05) is 0 Å². The molecule has 0 radical (unpaired) electrons. The van der Waals surface area contributed by atoms with Crippen LogP contribution in [0.5, 0.6) is 0 Å². The lowest BCUT2D eigenvalue weighted by Crippen LogP contribution is -2.19. The lowest BCUT2D eigenvalue weighted by Gasteiger charge is -2.27. The predicted molar refractivity (Wildman–Crippen MR) is 184 cm³/mol. The average molecular weight is 557 g/mol. The molecule has 0 N–H and O–H groups in total. The van der Waals surface area contributed by atoms with Gasteiger partial charge in [0.25, 0.3) is 0 Å². The zero-order valence-electron chi connectivity index (χ0n) is 25.3. The number of aromatic nitrogens is 1. The van der Waals surface area contributed by atoms with E-state index in [2.05, 4.69) is 183 Å². The van der Waals surface area contributed by atoms with Crippen molar-refractivity contribution in [3.8, 4) is 5.69 Å². The largest absolute Gasteiger partial charge is 0.310 e. The summed E-state index contributed by atoms with van der Waals surface area (Å²) in [6.45, 7) is 8.89. The van der Waals surface area contributed by atoms with Crippen molar-refractivity contribution >= 4 is 38.9 Å². The molecule has 0 aliphatic carbocycles. The summed E-state index contributed by atoms with van der Waals surface area (Å²) in [4.78, 5) is 2.35. The van der Waals surface area contributed by atoms with Gasteiger partial charge in [-0.3, -0.25) is 0 Å². The molecule has 0 fully saturated rings. The van der Waals surface area contributed by atoms with Crippen LogP contribution in [0.1, 0.15) is 36.1 Å². The third-order valence-electron chi connectivity index (χ3n) is 8.82. The maximum Gasteiger partial charge on any atom is 0.0542 e. The maximum atomic E-state index is 2.42. The number of para-hydroxylation sites is 1. The zero-order valence-corrected chi connectivity index (χ0v) is 25.3. The fourth-order valence-corrected chi connectivity index (χ4v) is 6.27. The first-order valence-corrected chi connectivity index (χ1v) is 15.0. The van der Waals surface area contributed by atoms with E-state index in [1.54, 1.807) is 0 Å². The van der Waals surface area contributed by atoms with Crippen molar-refractivity contribution in [3.63, 3.8) is 0 Å². The molecule has 0 aliphatic heterocycles. The lowest BCUT2D eigenvalue weighted by atomic mass is 9.78. The predicted octanol–water partition coefficient (Wildman–Crippen LogP) is 11.2. The Kier molecular flexibility index (Phi) is 6.63. The van der Waals surface area contributed by atoms with Crippen LogP contribution in [0.15, 0.2) is 146 Å². The number of rotatable bonds is 6. The highest BCUT2D eigenvalue weighted by atomic mass is 15.1. The highest BCUT2D eigenvalue weighted by Gasteiger charge is 2.24. The Morgan fingerprint density at radius 3 is 1.70 bits per heavy atom. The molecule has 0 bridgehead atoms. The molecular weight excluding hydrogens is 520 g/mol. The normalized spacial score (nSPS) is 11.7. The van der Waals surface area contributed by atoms with Crippen molar-refractivity contribution in [2.45, 2.75) is 33.1 Å². The molecule has 43 heavy (non-hydrogen) atoms. The highest BCUT2D eigenvalue weighted by Crippen LogP contribution is 2.40. The maximum absolute atomic E-state index is 2.42. The van der Waals surface area contributed by atoms with E-state index in [0.717, 1.165) is 17.1 Å². The number of nitrogens with zero attached hydrogens (tertiary/aromatic N) is 2. The summed E-state index contributed by atoms with van der Waals surface area (Å²) in [6, 6.07) is 53.1. The first-order valence-electron chi connectivity index (χ1n) is 15.0. The molecule has 0 spiro atoms. The van der Waals surface area contributed by atoms with Crippen molar-refractivity contribution in [1.29, 1.82) is 0 Å². The third-order valence-corrected chi connectivity index (χ3v) is 8.82. The Morgan fingerprint density at radius 1 is 0.465 bits per heavy atom. The summed E-state index contributed by atoms with van der Waals surface area (Å²) in [7, 11) is 0. The van der Waals surface area contributed by atoms with Crippen LogP contribution in [0.4, 0.5) is 17.1 Å². The van der Waals surface area contributed by atoms with Gasteiger partial charge < -0.3 is 9.47 Å². The van der Waals surface area contributed by atoms with Gasteiger partial charge in [-0.1, -0.05) is 110 Å². The van der Waals surface area contributed by atoms with Crippen LogP contribution in [0.25, 0.3) is 27.5 Å². The highest BCUT2D eigenvalue weighted by molar-refractivity contribution is 6.10. The van der Waals surface area contributed by atoms with Crippen molar-refractivity contribution in [1.82, 2.24) is 4.57 Å². The number of benzene rings is 6. The van der Waals surface area contributed by atoms with Gasteiger partial charge in [0.15, 0.2) is 0 Å². The summed E-state index contributed by atoms with van der Waals surface area (Å²) in [6.07, 6.45) is 0. The molecule has 7 rings (SSSR count). The van der Waals surface area contributed by atoms with Crippen LogP contribution in [0.3, 0.4) is 0 Å². The molecule has 0 saturated carbocycles. The third kappa shape index (κ3) is 4.79. The van der Waals surface area contributed by atoms with Crippen LogP contribution in [-0.4, -0.2) is 4.57 Å². The Bertz CT molecular complexity index is 2000.